The summed E-state index contributed by atoms with van der Waals surface area (Å²) < 4.78 is 11.9. The summed E-state index contributed by atoms with van der Waals surface area (Å²) in [6, 6.07) is 11.7. The fourth-order valence-corrected chi connectivity index (χ4v) is 4.59. The first-order valence-electron chi connectivity index (χ1n) is 8.95. The molecule has 0 amide bonds. The van der Waals surface area contributed by atoms with Crippen LogP contribution in [0.1, 0.15) is 26.8 Å². The molecule has 5 rings (SSSR count). The van der Waals surface area contributed by atoms with Crippen LogP contribution in [0.2, 0.25) is 0 Å². The van der Waals surface area contributed by atoms with Gasteiger partial charge in [0.2, 0.25) is 0 Å². The molecule has 0 aliphatic carbocycles. The van der Waals surface area contributed by atoms with Crippen molar-refractivity contribution in [3.05, 3.63) is 64.9 Å². The van der Waals surface area contributed by atoms with Gasteiger partial charge in [0.05, 0.1) is 35.7 Å². The molecule has 3 heterocycles. The molecule has 1 unspecified atom stereocenters. The van der Waals surface area contributed by atoms with Crippen LogP contribution in [0.25, 0.3) is 21.3 Å². The Hall–Kier alpha value is -3.19. The number of esters is 1. The third-order valence-electron chi connectivity index (χ3n) is 4.97. The van der Waals surface area contributed by atoms with E-state index in [-0.39, 0.29) is 11.9 Å². The molecule has 1 aliphatic rings. The first kappa shape index (κ1) is 16.9. The lowest BCUT2D eigenvalue weighted by molar-refractivity contribution is 0.0600. The Bertz CT molecular complexity index is 1170. The normalized spacial score (nSPS) is 15.8. The van der Waals surface area contributed by atoms with Crippen LogP contribution in [0.15, 0.2) is 48.8 Å². The molecular formula is C21H17N3O3S. The highest BCUT2D eigenvalue weighted by Crippen LogP contribution is 2.37. The number of fused-ring (bicyclic) bond motifs is 2. The Kier molecular flexibility index (Phi) is 4.09. The van der Waals surface area contributed by atoms with E-state index in [4.69, 9.17) is 14.5 Å². The van der Waals surface area contributed by atoms with Crippen LogP contribution in [0.4, 0.5) is 0 Å². The van der Waals surface area contributed by atoms with Crippen molar-refractivity contribution in [3.63, 3.8) is 0 Å². The Morgan fingerprint density at radius 1 is 1.25 bits per heavy atom. The summed E-state index contributed by atoms with van der Waals surface area (Å²) in [5.74, 6) is 0.652. The van der Waals surface area contributed by atoms with Gasteiger partial charge in [-0.15, -0.1) is 11.3 Å². The van der Waals surface area contributed by atoms with Gasteiger partial charge >= 0.3 is 5.97 Å². The smallest absolute Gasteiger partial charge is 0.337 e. The molecule has 0 spiro atoms. The highest BCUT2D eigenvalue weighted by molar-refractivity contribution is 7.18. The number of ether oxygens (including phenoxy) is 2. The molecule has 0 radical (unpaired) electrons. The van der Waals surface area contributed by atoms with Crippen molar-refractivity contribution in [2.45, 2.75) is 12.3 Å². The number of rotatable bonds is 3. The largest absolute Gasteiger partial charge is 0.493 e. The van der Waals surface area contributed by atoms with E-state index in [0.717, 1.165) is 44.1 Å². The van der Waals surface area contributed by atoms with Crippen LogP contribution in [0, 0.1) is 0 Å². The molecule has 6 nitrogen and oxygen atoms in total. The Morgan fingerprint density at radius 2 is 2.18 bits per heavy atom. The number of methoxy groups -OCH3 is 1. The fraction of sp³-hybridized carbons (Fsp3) is 0.190. The highest BCUT2D eigenvalue weighted by Gasteiger charge is 2.25. The first-order valence-corrected chi connectivity index (χ1v) is 9.76. The summed E-state index contributed by atoms with van der Waals surface area (Å²) in [6.07, 6.45) is 4.48. The summed E-state index contributed by atoms with van der Waals surface area (Å²) in [6.45, 7) is 0.582. The summed E-state index contributed by atoms with van der Waals surface area (Å²) in [4.78, 5) is 16.6. The lowest BCUT2D eigenvalue weighted by atomic mass is 9.95. The topological polar surface area (TPSA) is 77.1 Å². The quantitative estimate of drug-likeness (QED) is 0.530. The molecule has 7 heteroatoms. The van der Waals surface area contributed by atoms with Crippen LogP contribution >= 0.6 is 11.3 Å². The fourth-order valence-electron chi connectivity index (χ4n) is 3.50. The second-order valence-corrected chi connectivity index (χ2v) is 7.81. The van der Waals surface area contributed by atoms with Crippen molar-refractivity contribution in [2.75, 3.05) is 13.7 Å². The van der Waals surface area contributed by atoms with Gasteiger partial charge in [-0.1, -0.05) is 6.07 Å². The Morgan fingerprint density at radius 3 is 3.00 bits per heavy atom. The highest BCUT2D eigenvalue weighted by atomic mass is 32.1. The molecule has 0 fully saturated rings. The number of carbonyl (C=O) groups is 1. The van der Waals surface area contributed by atoms with Crippen molar-refractivity contribution in [2.24, 2.45) is 0 Å². The SMILES string of the molecule is COC(=O)c1ccc2c(c1)CC(c1nc3ccc(-c4cn[nH]c4)cc3s1)CO2. The predicted octanol–water partition coefficient (Wildman–Crippen LogP) is 4.19. The van der Waals surface area contributed by atoms with Crippen LogP contribution < -0.4 is 4.74 Å². The number of hydrogen-bond acceptors (Lipinski definition) is 6. The van der Waals surface area contributed by atoms with Gasteiger partial charge in [0.15, 0.2) is 0 Å². The molecular weight excluding hydrogens is 374 g/mol. The van der Waals surface area contributed by atoms with E-state index in [1.165, 1.54) is 7.11 Å². The minimum atomic E-state index is -0.336. The predicted molar refractivity (Wildman–Crippen MR) is 107 cm³/mol. The van der Waals surface area contributed by atoms with E-state index in [2.05, 4.69) is 22.3 Å². The molecule has 4 aromatic rings. The summed E-state index contributed by atoms with van der Waals surface area (Å²) in [7, 11) is 1.39. The number of benzene rings is 2. The average Bonchev–Trinajstić information content (AvgIpc) is 3.41. The number of thiazole rings is 1. The maximum Gasteiger partial charge on any atom is 0.337 e. The van der Waals surface area contributed by atoms with Gasteiger partial charge in [-0.3, -0.25) is 5.10 Å². The van der Waals surface area contributed by atoms with Crippen molar-refractivity contribution in [3.8, 4) is 16.9 Å². The molecule has 1 atom stereocenters. The summed E-state index contributed by atoms with van der Waals surface area (Å²) in [5.41, 5.74) is 4.71. The van der Waals surface area contributed by atoms with Crippen LogP contribution in [0.5, 0.6) is 5.75 Å². The van der Waals surface area contributed by atoms with Crippen LogP contribution in [-0.2, 0) is 11.2 Å². The lowest BCUT2D eigenvalue weighted by Crippen LogP contribution is -2.19. The number of nitrogens with zero attached hydrogens (tertiary/aromatic N) is 2. The number of H-pyrrole nitrogens is 1. The van der Waals surface area contributed by atoms with Crippen molar-refractivity contribution in [1.29, 1.82) is 0 Å². The monoisotopic (exact) mass is 391 g/mol. The minimum Gasteiger partial charge on any atom is -0.493 e. The van der Waals surface area contributed by atoms with E-state index >= 15 is 0 Å². The van der Waals surface area contributed by atoms with E-state index in [0.29, 0.717) is 12.2 Å². The van der Waals surface area contributed by atoms with Crippen molar-refractivity contribution < 1.29 is 14.3 Å². The molecule has 0 saturated carbocycles. The molecule has 28 heavy (non-hydrogen) atoms. The van der Waals surface area contributed by atoms with E-state index in [1.54, 1.807) is 17.4 Å². The lowest BCUT2D eigenvalue weighted by Gasteiger charge is -2.24. The number of aromatic nitrogens is 3. The molecule has 1 N–H and O–H groups in total. The molecule has 1 aliphatic heterocycles. The zero-order chi connectivity index (χ0) is 19.1. The zero-order valence-corrected chi connectivity index (χ0v) is 16.0. The molecule has 0 bridgehead atoms. The van der Waals surface area contributed by atoms with Gasteiger partial charge in [0.1, 0.15) is 10.8 Å². The van der Waals surface area contributed by atoms with E-state index in [1.807, 2.05) is 30.6 Å². The van der Waals surface area contributed by atoms with Gasteiger partial charge in [-0.25, -0.2) is 9.78 Å². The number of carbonyl (C=O) groups excluding carboxylic acids is 1. The minimum absolute atomic E-state index is 0.162. The number of hydrogen-bond donors (Lipinski definition) is 1. The second-order valence-electron chi connectivity index (χ2n) is 6.75. The van der Waals surface area contributed by atoms with Gasteiger partial charge in [0, 0.05) is 17.7 Å². The maximum atomic E-state index is 11.8. The van der Waals surface area contributed by atoms with Gasteiger partial charge < -0.3 is 9.47 Å². The van der Waals surface area contributed by atoms with Crippen molar-refractivity contribution >= 4 is 27.5 Å². The standard InChI is InChI=1S/C21H17N3O3S/c1-26-21(25)13-3-5-18-14(6-13)7-15(11-27-18)20-24-17-4-2-12(8-19(17)28-20)16-9-22-23-10-16/h2-6,8-10,15H,7,11H2,1H3,(H,22,23). The zero-order valence-electron chi connectivity index (χ0n) is 15.1. The van der Waals surface area contributed by atoms with Gasteiger partial charge in [-0.2, -0.15) is 5.10 Å². The van der Waals surface area contributed by atoms with Crippen molar-refractivity contribution in [1.82, 2.24) is 15.2 Å². The van der Waals surface area contributed by atoms with Crippen LogP contribution in [0.3, 0.4) is 0 Å². The summed E-state index contributed by atoms with van der Waals surface area (Å²) >= 11 is 1.69. The number of nitrogens with one attached hydrogen (secondary N) is 1. The Balaban J connectivity index is 1.45. The third kappa shape index (κ3) is 2.93. The Labute approximate surface area is 165 Å². The van der Waals surface area contributed by atoms with Crippen LogP contribution in [-0.4, -0.2) is 34.9 Å². The molecule has 0 saturated heterocycles. The molecule has 2 aromatic carbocycles. The molecule has 140 valence electrons. The van der Waals surface area contributed by atoms with E-state index in [9.17, 15) is 4.79 Å². The van der Waals surface area contributed by atoms with E-state index < -0.39 is 0 Å². The maximum absolute atomic E-state index is 11.8. The third-order valence-corrected chi connectivity index (χ3v) is 6.15. The molecule has 2 aromatic heterocycles. The first-order chi connectivity index (χ1) is 13.7. The summed E-state index contributed by atoms with van der Waals surface area (Å²) in [5, 5.41) is 7.91. The second kappa shape index (κ2) is 6.76. The number of aromatic amines is 1. The van der Waals surface area contributed by atoms with Gasteiger partial charge in [-0.05, 0) is 47.9 Å². The van der Waals surface area contributed by atoms with Gasteiger partial charge in [0.25, 0.3) is 0 Å². The average molecular weight is 391 g/mol.